The summed E-state index contributed by atoms with van der Waals surface area (Å²) in [6.07, 6.45) is 9.46. The topological polar surface area (TPSA) is 45.2 Å². The van der Waals surface area contributed by atoms with Gasteiger partial charge in [0.25, 0.3) is 0 Å². The first-order valence-electron chi connectivity index (χ1n) is 7.18. The summed E-state index contributed by atoms with van der Waals surface area (Å²) in [7, 11) is 0. The van der Waals surface area contributed by atoms with Gasteiger partial charge in [0.05, 0.1) is 6.54 Å². The Morgan fingerprint density at radius 1 is 1.14 bits per heavy atom. The lowest BCUT2D eigenvalue weighted by Gasteiger charge is -2.23. The minimum atomic E-state index is -0.148. The molecule has 2 amide bonds. The van der Waals surface area contributed by atoms with Crippen molar-refractivity contribution < 1.29 is 4.79 Å². The lowest BCUT2D eigenvalue weighted by molar-refractivity contribution is 0.197. The molecule has 0 aliphatic carbocycles. The van der Waals surface area contributed by atoms with Gasteiger partial charge in [-0.2, -0.15) is 0 Å². The Balaban J connectivity index is 2.01. The molecule has 1 aromatic heterocycles. The van der Waals surface area contributed by atoms with Crippen LogP contribution >= 0.6 is 0 Å². The first-order valence-corrected chi connectivity index (χ1v) is 7.18. The Morgan fingerprint density at radius 2 is 1.86 bits per heavy atom. The highest BCUT2D eigenvalue weighted by molar-refractivity contribution is 5.74. The van der Waals surface area contributed by atoms with E-state index < -0.39 is 0 Å². The van der Waals surface area contributed by atoms with Crippen LogP contribution in [0.3, 0.4) is 0 Å². The second-order valence-electron chi connectivity index (χ2n) is 4.88. The third-order valence-electron chi connectivity index (χ3n) is 3.26. The number of hydrogen-bond acceptors (Lipinski definition) is 2. The molecule has 0 saturated heterocycles. The second-order valence-corrected chi connectivity index (χ2v) is 4.88. The van der Waals surface area contributed by atoms with Crippen LogP contribution in [-0.2, 0) is 13.0 Å². The zero-order valence-electron chi connectivity index (χ0n) is 12.4. The molecule has 0 fully saturated rings. The number of urea groups is 1. The predicted molar refractivity (Wildman–Crippen MR) is 87.0 cm³/mol. The molecule has 0 aliphatic rings. The maximum absolute atomic E-state index is 12.2. The Bertz CT molecular complexity index is 620. The van der Waals surface area contributed by atoms with Crippen molar-refractivity contribution in [3.05, 3.63) is 66.0 Å². The van der Waals surface area contributed by atoms with Crippen molar-refractivity contribution in [2.45, 2.75) is 13.0 Å². The molecule has 0 spiro atoms. The van der Waals surface area contributed by atoms with Crippen molar-refractivity contribution in [2.24, 2.45) is 0 Å². The van der Waals surface area contributed by atoms with Gasteiger partial charge in [-0.1, -0.05) is 36.3 Å². The van der Waals surface area contributed by atoms with Crippen LogP contribution in [0.4, 0.5) is 4.79 Å². The molecule has 0 saturated carbocycles. The van der Waals surface area contributed by atoms with Crippen LogP contribution in [0.1, 0.15) is 11.1 Å². The number of rotatable bonds is 6. The molecule has 0 aliphatic heterocycles. The number of aromatic nitrogens is 1. The first-order chi connectivity index (χ1) is 10.8. The van der Waals surface area contributed by atoms with Crippen LogP contribution in [-0.4, -0.2) is 29.0 Å². The largest absolute Gasteiger partial charge is 0.327 e. The number of terminal acetylenes is 1. The Labute approximate surface area is 131 Å². The fourth-order valence-corrected chi connectivity index (χ4v) is 2.11. The van der Waals surface area contributed by atoms with E-state index in [4.69, 9.17) is 6.42 Å². The summed E-state index contributed by atoms with van der Waals surface area (Å²) in [4.78, 5) is 18.0. The summed E-state index contributed by atoms with van der Waals surface area (Å²) in [5, 5.41) is 2.72. The van der Waals surface area contributed by atoms with Gasteiger partial charge < -0.3 is 10.2 Å². The van der Waals surface area contributed by atoms with Crippen molar-refractivity contribution in [3.8, 4) is 12.3 Å². The molecule has 2 aromatic rings. The summed E-state index contributed by atoms with van der Waals surface area (Å²) >= 11 is 0. The zero-order chi connectivity index (χ0) is 15.6. The van der Waals surface area contributed by atoms with E-state index in [1.165, 1.54) is 5.56 Å². The molecular formula is C18H19N3O. The van der Waals surface area contributed by atoms with E-state index >= 15 is 0 Å². The van der Waals surface area contributed by atoms with Crippen molar-refractivity contribution in [2.75, 3.05) is 13.1 Å². The summed E-state index contributed by atoms with van der Waals surface area (Å²) in [6, 6.07) is 13.8. The second kappa shape index (κ2) is 8.48. The van der Waals surface area contributed by atoms with Gasteiger partial charge in [-0.25, -0.2) is 4.79 Å². The summed E-state index contributed by atoms with van der Waals surface area (Å²) in [6.45, 7) is 1.39. The number of amides is 2. The molecule has 0 unspecified atom stereocenters. The van der Waals surface area contributed by atoms with Crippen LogP contribution in [0.25, 0.3) is 0 Å². The smallest absolute Gasteiger partial charge is 0.318 e. The van der Waals surface area contributed by atoms with Gasteiger partial charge in [0.1, 0.15) is 0 Å². The van der Waals surface area contributed by atoms with Crippen LogP contribution in [0.2, 0.25) is 0 Å². The summed E-state index contributed by atoms with van der Waals surface area (Å²) < 4.78 is 0. The quantitative estimate of drug-likeness (QED) is 0.832. The van der Waals surface area contributed by atoms with Crippen LogP contribution in [0.15, 0.2) is 54.9 Å². The number of carbonyl (C=O) groups is 1. The minimum absolute atomic E-state index is 0.148. The SMILES string of the molecule is C#CCNC(=O)N(CCc1ccccc1)Cc1ccncc1. The van der Waals surface area contributed by atoms with Gasteiger partial charge >= 0.3 is 6.03 Å². The average Bonchev–Trinajstić information content (AvgIpc) is 2.58. The monoisotopic (exact) mass is 293 g/mol. The highest BCUT2D eigenvalue weighted by atomic mass is 16.2. The number of pyridine rings is 1. The molecule has 2 rings (SSSR count). The summed E-state index contributed by atoms with van der Waals surface area (Å²) in [5.41, 5.74) is 2.24. The van der Waals surface area contributed by atoms with E-state index in [9.17, 15) is 4.79 Å². The van der Waals surface area contributed by atoms with E-state index in [-0.39, 0.29) is 12.6 Å². The molecule has 4 heteroatoms. The molecule has 1 heterocycles. The fourth-order valence-electron chi connectivity index (χ4n) is 2.11. The van der Waals surface area contributed by atoms with Crippen LogP contribution in [0, 0.1) is 12.3 Å². The van der Waals surface area contributed by atoms with E-state index in [0.29, 0.717) is 13.1 Å². The molecule has 1 aromatic carbocycles. The zero-order valence-corrected chi connectivity index (χ0v) is 12.4. The van der Waals surface area contributed by atoms with Gasteiger partial charge in [0.15, 0.2) is 0 Å². The average molecular weight is 293 g/mol. The number of carbonyl (C=O) groups excluding carboxylic acids is 1. The number of nitrogens with zero attached hydrogens (tertiary/aromatic N) is 2. The maximum atomic E-state index is 12.2. The Morgan fingerprint density at radius 3 is 2.55 bits per heavy atom. The highest BCUT2D eigenvalue weighted by Gasteiger charge is 2.13. The highest BCUT2D eigenvalue weighted by Crippen LogP contribution is 2.07. The number of hydrogen-bond donors (Lipinski definition) is 1. The first kappa shape index (κ1) is 15.6. The number of nitrogens with one attached hydrogen (secondary N) is 1. The van der Waals surface area contributed by atoms with E-state index in [1.807, 2.05) is 30.3 Å². The molecule has 22 heavy (non-hydrogen) atoms. The Hall–Kier alpha value is -2.80. The van der Waals surface area contributed by atoms with Crippen LogP contribution in [0.5, 0.6) is 0 Å². The van der Waals surface area contributed by atoms with Gasteiger partial charge in [-0.05, 0) is 29.7 Å². The standard InChI is InChI=1S/C18H19N3O/c1-2-11-20-18(22)21(15-17-8-12-19-13-9-17)14-10-16-6-4-3-5-7-16/h1,3-9,12-13H,10-11,14-15H2,(H,20,22). The Kier molecular flexibility index (Phi) is 6.01. The molecule has 4 nitrogen and oxygen atoms in total. The van der Waals surface area contributed by atoms with E-state index in [1.54, 1.807) is 17.3 Å². The molecular weight excluding hydrogens is 274 g/mol. The normalized spacial score (nSPS) is 9.77. The maximum Gasteiger partial charge on any atom is 0.318 e. The third kappa shape index (κ3) is 4.95. The van der Waals surface area contributed by atoms with Crippen molar-refractivity contribution in [1.82, 2.24) is 15.2 Å². The van der Waals surface area contributed by atoms with E-state index in [2.05, 4.69) is 28.4 Å². The van der Waals surface area contributed by atoms with Gasteiger partial charge in [-0.3, -0.25) is 4.98 Å². The van der Waals surface area contributed by atoms with Gasteiger partial charge in [-0.15, -0.1) is 6.42 Å². The molecule has 112 valence electrons. The van der Waals surface area contributed by atoms with Crippen LogP contribution < -0.4 is 5.32 Å². The molecule has 1 N–H and O–H groups in total. The fraction of sp³-hybridized carbons (Fsp3) is 0.222. The lowest BCUT2D eigenvalue weighted by Crippen LogP contribution is -2.40. The van der Waals surface area contributed by atoms with Crippen molar-refractivity contribution in [3.63, 3.8) is 0 Å². The van der Waals surface area contributed by atoms with E-state index in [0.717, 1.165) is 12.0 Å². The summed E-state index contributed by atoms with van der Waals surface area (Å²) in [5.74, 6) is 2.42. The van der Waals surface area contributed by atoms with Gasteiger partial charge in [0.2, 0.25) is 0 Å². The lowest BCUT2D eigenvalue weighted by atomic mass is 10.1. The predicted octanol–water partition coefficient (Wildman–Crippen LogP) is 2.47. The van der Waals surface area contributed by atoms with Crippen molar-refractivity contribution >= 4 is 6.03 Å². The van der Waals surface area contributed by atoms with Crippen molar-refractivity contribution in [1.29, 1.82) is 0 Å². The minimum Gasteiger partial charge on any atom is -0.327 e. The van der Waals surface area contributed by atoms with Gasteiger partial charge in [0, 0.05) is 25.5 Å². The third-order valence-corrected chi connectivity index (χ3v) is 3.26. The molecule has 0 atom stereocenters. The number of benzene rings is 1. The molecule has 0 bridgehead atoms. The molecule has 0 radical (unpaired) electrons.